The van der Waals surface area contributed by atoms with Gasteiger partial charge >= 0.3 is 0 Å². The number of likely N-dealkylation sites (tertiary alicyclic amines) is 1. The molecule has 0 spiro atoms. The number of ether oxygens (including phenoxy) is 1. The first-order chi connectivity index (χ1) is 11.3. The Labute approximate surface area is 134 Å². The average molecular weight is 307 g/mol. The molecule has 1 aromatic heterocycles. The Bertz CT molecular complexity index is 834. The molecule has 0 saturated carbocycles. The topological polar surface area (TPSA) is 42.7 Å². The van der Waals surface area contributed by atoms with E-state index in [0.717, 1.165) is 41.8 Å². The largest absolute Gasteiger partial charge is 0.489 e. The Morgan fingerprint density at radius 3 is 2.52 bits per heavy atom. The minimum absolute atomic E-state index is 0.0425. The summed E-state index contributed by atoms with van der Waals surface area (Å²) < 4.78 is 11.7. The zero-order valence-electron chi connectivity index (χ0n) is 12.7. The fraction of sp³-hybridized carbons (Fsp3) is 0.211. The molecule has 0 unspecified atom stereocenters. The number of para-hydroxylation sites is 2. The monoisotopic (exact) mass is 307 g/mol. The van der Waals surface area contributed by atoms with E-state index in [4.69, 9.17) is 9.15 Å². The molecule has 0 N–H and O–H groups in total. The van der Waals surface area contributed by atoms with Crippen molar-refractivity contribution >= 4 is 16.9 Å². The summed E-state index contributed by atoms with van der Waals surface area (Å²) in [5.41, 5.74) is 1.55. The van der Waals surface area contributed by atoms with Gasteiger partial charge in [0.25, 0.3) is 5.91 Å². The molecule has 1 aliphatic rings. The summed E-state index contributed by atoms with van der Waals surface area (Å²) >= 11 is 0. The van der Waals surface area contributed by atoms with Crippen molar-refractivity contribution in [1.82, 2.24) is 4.90 Å². The maximum Gasteiger partial charge on any atom is 0.290 e. The van der Waals surface area contributed by atoms with Gasteiger partial charge in [-0.15, -0.1) is 0 Å². The van der Waals surface area contributed by atoms with E-state index in [9.17, 15) is 4.79 Å². The second-order valence-corrected chi connectivity index (χ2v) is 5.65. The van der Waals surface area contributed by atoms with Crippen LogP contribution in [0.1, 0.15) is 22.5 Å². The molecule has 1 saturated heterocycles. The number of amides is 1. The first-order valence-electron chi connectivity index (χ1n) is 7.80. The number of hydrogen-bond acceptors (Lipinski definition) is 3. The third kappa shape index (κ3) is 2.57. The van der Waals surface area contributed by atoms with Crippen LogP contribution in [0, 0.1) is 0 Å². The molecule has 4 heteroatoms. The molecule has 0 aliphatic carbocycles. The van der Waals surface area contributed by atoms with Crippen molar-refractivity contribution in [3.63, 3.8) is 0 Å². The molecular weight excluding hydrogens is 290 g/mol. The lowest BCUT2D eigenvalue weighted by Crippen LogP contribution is -2.42. The lowest BCUT2D eigenvalue weighted by Gasteiger charge is -2.30. The SMILES string of the molecule is O=C(c1oc2ccccc2c1COc1ccccc1)N1CCC1. The molecule has 116 valence electrons. The smallest absolute Gasteiger partial charge is 0.290 e. The highest BCUT2D eigenvalue weighted by atomic mass is 16.5. The van der Waals surface area contributed by atoms with Crippen LogP contribution in [0.15, 0.2) is 59.0 Å². The molecule has 3 aromatic rings. The van der Waals surface area contributed by atoms with Gasteiger partial charge in [-0.2, -0.15) is 0 Å². The van der Waals surface area contributed by atoms with Crippen LogP contribution in [0.4, 0.5) is 0 Å². The molecule has 0 atom stereocenters. The molecule has 1 amide bonds. The average Bonchev–Trinajstić information content (AvgIpc) is 2.91. The standard InChI is InChI=1S/C19H17NO3/c21-19(20-11-6-12-20)18-16(13-22-14-7-2-1-3-8-14)15-9-4-5-10-17(15)23-18/h1-5,7-10H,6,11-13H2. The van der Waals surface area contributed by atoms with Crippen LogP contribution in [-0.2, 0) is 6.61 Å². The molecular formula is C19H17NO3. The van der Waals surface area contributed by atoms with Crippen molar-refractivity contribution in [1.29, 1.82) is 0 Å². The number of fused-ring (bicyclic) bond motifs is 1. The van der Waals surface area contributed by atoms with E-state index >= 15 is 0 Å². The van der Waals surface area contributed by atoms with Crippen LogP contribution >= 0.6 is 0 Å². The van der Waals surface area contributed by atoms with Gasteiger partial charge < -0.3 is 14.1 Å². The molecule has 0 radical (unpaired) electrons. The van der Waals surface area contributed by atoms with Crippen molar-refractivity contribution in [3.8, 4) is 5.75 Å². The first kappa shape index (κ1) is 13.9. The van der Waals surface area contributed by atoms with Crippen molar-refractivity contribution in [3.05, 3.63) is 65.9 Å². The Balaban J connectivity index is 1.69. The number of rotatable bonds is 4. The van der Waals surface area contributed by atoms with Gasteiger partial charge in [0.2, 0.25) is 0 Å². The van der Waals surface area contributed by atoms with Gasteiger partial charge in [-0.25, -0.2) is 0 Å². The van der Waals surface area contributed by atoms with Gasteiger partial charge in [0.1, 0.15) is 17.9 Å². The van der Waals surface area contributed by atoms with Gasteiger partial charge in [0.05, 0.1) is 0 Å². The van der Waals surface area contributed by atoms with Gasteiger partial charge in [-0.1, -0.05) is 36.4 Å². The molecule has 4 rings (SSSR count). The van der Waals surface area contributed by atoms with Crippen molar-refractivity contribution in [2.75, 3.05) is 13.1 Å². The summed E-state index contributed by atoms with van der Waals surface area (Å²) in [5.74, 6) is 1.14. The molecule has 4 nitrogen and oxygen atoms in total. The van der Waals surface area contributed by atoms with Crippen LogP contribution in [0.2, 0.25) is 0 Å². The molecule has 0 bridgehead atoms. The Morgan fingerprint density at radius 1 is 1.04 bits per heavy atom. The van der Waals surface area contributed by atoms with Crippen LogP contribution in [0.5, 0.6) is 5.75 Å². The zero-order valence-corrected chi connectivity index (χ0v) is 12.7. The fourth-order valence-electron chi connectivity index (χ4n) is 2.75. The van der Waals surface area contributed by atoms with E-state index in [-0.39, 0.29) is 5.91 Å². The van der Waals surface area contributed by atoms with Gasteiger partial charge in [-0.3, -0.25) is 4.79 Å². The number of carbonyl (C=O) groups is 1. The Hall–Kier alpha value is -2.75. The van der Waals surface area contributed by atoms with E-state index in [2.05, 4.69) is 0 Å². The minimum atomic E-state index is -0.0425. The second kappa shape index (κ2) is 5.80. The number of furan rings is 1. The molecule has 1 fully saturated rings. The highest BCUT2D eigenvalue weighted by molar-refractivity contribution is 5.99. The van der Waals surface area contributed by atoms with Crippen molar-refractivity contribution in [2.45, 2.75) is 13.0 Å². The van der Waals surface area contributed by atoms with Gasteiger partial charge in [0, 0.05) is 24.0 Å². The number of hydrogen-bond donors (Lipinski definition) is 0. The van der Waals surface area contributed by atoms with Crippen LogP contribution in [-0.4, -0.2) is 23.9 Å². The fourth-order valence-corrected chi connectivity index (χ4v) is 2.75. The third-order valence-electron chi connectivity index (χ3n) is 4.16. The van der Waals surface area contributed by atoms with E-state index < -0.39 is 0 Å². The van der Waals surface area contributed by atoms with Crippen molar-refractivity contribution < 1.29 is 13.9 Å². The van der Waals surface area contributed by atoms with E-state index in [0.29, 0.717) is 12.4 Å². The van der Waals surface area contributed by atoms with Gasteiger partial charge in [0.15, 0.2) is 5.76 Å². The zero-order chi connectivity index (χ0) is 15.6. The summed E-state index contributed by atoms with van der Waals surface area (Å²) in [4.78, 5) is 14.4. The minimum Gasteiger partial charge on any atom is -0.489 e. The third-order valence-corrected chi connectivity index (χ3v) is 4.16. The number of benzene rings is 2. The maximum atomic E-state index is 12.6. The summed E-state index contributed by atoms with van der Waals surface area (Å²) in [5, 5.41) is 0.937. The van der Waals surface area contributed by atoms with Crippen LogP contribution in [0.25, 0.3) is 11.0 Å². The maximum absolute atomic E-state index is 12.6. The molecule has 1 aliphatic heterocycles. The quantitative estimate of drug-likeness (QED) is 0.735. The molecule has 23 heavy (non-hydrogen) atoms. The van der Waals surface area contributed by atoms with E-state index in [1.165, 1.54) is 0 Å². The highest BCUT2D eigenvalue weighted by Crippen LogP contribution is 2.29. The second-order valence-electron chi connectivity index (χ2n) is 5.65. The van der Waals surface area contributed by atoms with Crippen LogP contribution < -0.4 is 4.74 Å². The summed E-state index contributed by atoms with van der Waals surface area (Å²) in [6, 6.07) is 17.3. The van der Waals surface area contributed by atoms with E-state index in [1.54, 1.807) is 0 Å². The lowest BCUT2D eigenvalue weighted by atomic mass is 10.1. The lowest BCUT2D eigenvalue weighted by molar-refractivity contribution is 0.0617. The molecule has 2 heterocycles. The highest BCUT2D eigenvalue weighted by Gasteiger charge is 2.28. The van der Waals surface area contributed by atoms with Crippen molar-refractivity contribution in [2.24, 2.45) is 0 Å². The number of nitrogens with zero attached hydrogens (tertiary/aromatic N) is 1. The number of carbonyl (C=O) groups excluding carboxylic acids is 1. The normalized spacial score (nSPS) is 13.8. The predicted octanol–water partition coefficient (Wildman–Crippen LogP) is 3.86. The first-order valence-corrected chi connectivity index (χ1v) is 7.80. The molecule has 2 aromatic carbocycles. The Morgan fingerprint density at radius 2 is 1.78 bits per heavy atom. The summed E-state index contributed by atoms with van der Waals surface area (Å²) in [7, 11) is 0. The summed E-state index contributed by atoms with van der Waals surface area (Å²) in [6.07, 6.45) is 1.06. The predicted molar refractivity (Wildman–Crippen MR) is 87.5 cm³/mol. The van der Waals surface area contributed by atoms with E-state index in [1.807, 2.05) is 59.5 Å². The van der Waals surface area contributed by atoms with Crippen LogP contribution in [0.3, 0.4) is 0 Å². The van der Waals surface area contributed by atoms with Gasteiger partial charge in [-0.05, 0) is 24.6 Å². The summed E-state index contributed by atoms with van der Waals surface area (Å²) in [6.45, 7) is 1.92. The Kier molecular flexibility index (Phi) is 3.50.